The van der Waals surface area contributed by atoms with Crippen molar-refractivity contribution in [2.45, 2.75) is 26.7 Å². The molecule has 1 aromatic carbocycles. The standard InChI is InChI=1S/C19H29N3O3/c1-15(2)14-21-19(24)18(23)20-9-3-4-16-5-7-17(8-6-16)22-10-12-25-13-11-22/h5-8,15H,3-4,9-14H2,1-2H3,(H,20,23)(H,21,24). The molecule has 0 unspecified atom stereocenters. The number of aryl methyl sites for hydroxylation is 1. The predicted octanol–water partition coefficient (Wildman–Crippen LogP) is 1.34. The smallest absolute Gasteiger partial charge is 0.309 e. The molecule has 6 heteroatoms. The molecule has 2 N–H and O–H groups in total. The van der Waals surface area contributed by atoms with E-state index in [1.807, 2.05) is 13.8 Å². The van der Waals surface area contributed by atoms with Gasteiger partial charge in [0.15, 0.2) is 0 Å². The van der Waals surface area contributed by atoms with E-state index < -0.39 is 11.8 Å². The van der Waals surface area contributed by atoms with E-state index in [0.29, 0.717) is 19.0 Å². The first kappa shape index (κ1) is 19.2. The van der Waals surface area contributed by atoms with Crippen LogP contribution in [-0.2, 0) is 20.7 Å². The third kappa shape index (κ3) is 6.74. The number of ether oxygens (including phenoxy) is 1. The zero-order valence-electron chi connectivity index (χ0n) is 15.2. The first-order valence-corrected chi connectivity index (χ1v) is 9.04. The average Bonchev–Trinajstić information content (AvgIpc) is 2.64. The van der Waals surface area contributed by atoms with E-state index in [-0.39, 0.29) is 0 Å². The molecule has 1 fully saturated rings. The number of anilines is 1. The van der Waals surface area contributed by atoms with Crippen molar-refractivity contribution in [2.24, 2.45) is 5.92 Å². The fourth-order valence-corrected chi connectivity index (χ4v) is 2.65. The Balaban J connectivity index is 1.66. The normalized spacial score (nSPS) is 14.4. The van der Waals surface area contributed by atoms with Gasteiger partial charge in [0.05, 0.1) is 13.2 Å². The van der Waals surface area contributed by atoms with Gasteiger partial charge in [-0.2, -0.15) is 0 Å². The molecule has 1 saturated heterocycles. The van der Waals surface area contributed by atoms with Crippen LogP contribution >= 0.6 is 0 Å². The highest BCUT2D eigenvalue weighted by Gasteiger charge is 2.13. The molecule has 0 aromatic heterocycles. The van der Waals surface area contributed by atoms with Gasteiger partial charge >= 0.3 is 11.8 Å². The van der Waals surface area contributed by atoms with Crippen LogP contribution in [0.1, 0.15) is 25.8 Å². The lowest BCUT2D eigenvalue weighted by molar-refractivity contribution is -0.139. The average molecular weight is 347 g/mol. The van der Waals surface area contributed by atoms with Gasteiger partial charge in [-0.15, -0.1) is 0 Å². The SMILES string of the molecule is CC(C)CNC(=O)C(=O)NCCCc1ccc(N2CCOCC2)cc1. The third-order valence-corrected chi connectivity index (χ3v) is 4.12. The number of rotatable bonds is 7. The van der Waals surface area contributed by atoms with Gasteiger partial charge < -0.3 is 20.3 Å². The Labute approximate surface area is 149 Å². The molecule has 138 valence electrons. The molecule has 6 nitrogen and oxygen atoms in total. The van der Waals surface area contributed by atoms with Crippen LogP contribution in [0.4, 0.5) is 5.69 Å². The fourth-order valence-electron chi connectivity index (χ4n) is 2.65. The number of amides is 2. The lowest BCUT2D eigenvalue weighted by Crippen LogP contribution is -2.41. The minimum absolute atomic E-state index is 0.331. The molecule has 0 radical (unpaired) electrons. The van der Waals surface area contributed by atoms with Crippen LogP contribution < -0.4 is 15.5 Å². The zero-order valence-corrected chi connectivity index (χ0v) is 15.2. The molecule has 1 aromatic rings. The summed E-state index contributed by atoms with van der Waals surface area (Å²) in [6.45, 7) is 8.43. The summed E-state index contributed by atoms with van der Waals surface area (Å²) in [5.41, 5.74) is 2.46. The highest BCUT2D eigenvalue weighted by atomic mass is 16.5. The molecular weight excluding hydrogens is 318 g/mol. The van der Waals surface area contributed by atoms with Crippen LogP contribution in [0.3, 0.4) is 0 Å². The number of benzene rings is 1. The summed E-state index contributed by atoms with van der Waals surface area (Å²) in [6.07, 6.45) is 1.68. The minimum Gasteiger partial charge on any atom is -0.378 e. The van der Waals surface area contributed by atoms with Crippen LogP contribution in [-0.4, -0.2) is 51.2 Å². The van der Waals surface area contributed by atoms with Crippen LogP contribution in [0.5, 0.6) is 0 Å². The van der Waals surface area contributed by atoms with Crippen molar-refractivity contribution in [1.29, 1.82) is 0 Å². The summed E-state index contributed by atoms with van der Waals surface area (Å²) in [5, 5.41) is 5.28. The van der Waals surface area contributed by atoms with Gasteiger partial charge in [0.1, 0.15) is 0 Å². The van der Waals surface area contributed by atoms with Crippen LogP contribution in [0.15, 0.2) is 24.3 Å². The molecule has 0 saturated carbocycles. The maximum absolute atomic E-state index is 11.6. The molecular formula is C19H29N3O3. The molecule has 2 rings (SSSR count). The fraction of sp³-hybridized carbons (Fsp3) is 0.579. The molecule has 0 atom stereocenters. The van der Waals surface area contributed by atoms with Crippen molar-refractivity contribution in [3.63, 3.8) is 0 Å². The first-order valence-electron chi connectivity index (χ1n) is 9.04. The van der Waals surface area contributed by atoms with Crippen molar-refractivity contribution in [2.75, 3.05) is 44.3 Å². The lowest BCUT2D eigenvalue weighted by atomic mass is 10.1. The molecule has 0 aliphatic carbocycles. The molecule has 2 amide bonds. The van der Waals surface area contributed by atoms with E-state index in [1.54, 1.807) is 0 Å². The van der Waals surface area contributed by atoms with E-state index in [0.717, 1.165) is 39.1 Å². The highest BCUT2D eigenvalue weighted by molar-refractivity contribution is 6.35. The lowest BCUT2D eigenvalue weighted by Gasteiger charge is -2.28. The second-order valence-corrected chi connectivity index (χ2v) is 6.73. The van der Waals surface area contributed by atoms with E-state index in [2.05, 4.69) is 39.8 Å². The van der Waals surface area contributed by atoms with Gasteiger partial charge in [0.25, 0.3) is 0 Å². The van der Waals surface area contributed by atoms with Gasteiger partial charge in [0.2, 0.25) is 0 Å². The minimum atomic E-state index is -0.552. The number of morpholine rings is 1. The van der Waals surface area contributed by atoms with Crippen LogP contribution in [0.25, 0.3) is 0 Å². The molecule has 1 aliphatic heterocycles. The van der Waals surface area contributed by atoms with Crippen molar-refractivity contribution in [3.05, 3.63) is 29.8 Å². The Bertz CT molecular complexity index is 552. The Kier molecular flexibility index (Phi) is 7.73. The maximum atomic E-state index is 11.6. The first-order chi connectivity index (χ1) is 12.1. The summed E-state index contributed by atoms with van der Waals surface area (Å²) in [4.78, 5) is 25.5. The summed E-state index contributed by atoms with van der Waals surface area (Å²) in [5.74, 6) is -0.774. The van der Waals surface area contributed by atoms with Gasteiger partial charge in [0, 0.05) is 31.9 Å². The zero-order chi connectivity index (χ0) is 18.1. The Hall–Kier alpha value is -2.08. The number of carbonyl (C=O) groups is 2. The van der Waals surface area contributed by atoms with Gasteiger partial charge in [-0.25, -0.2) is 0 Å². The van der Waals surface area contributed by atoms with Crippen molar-refractivity contribution in [3.8, 4) is 0 Å². The molecule has 0 spiro atoms. The monoisotopic (exact) mass is 347 g/mol. The maximum Gasteiger partial charge on any atom is 0.309 e. The van der Waals surface area contributed by atoms with Gasteiger partial charge in [-0.05, 0) is 36.5 Å². The van der Waals surface area contributed by atoms with E-state index in [9.17, 15) is 9.59 Å². The van der Waals surface area contributed by atoms with Crippen molar-refractivity contribution < 1.29 is 14.3 Å². The Morgan fingerprint density at radius 2 is 1.72 bits per heavy atom. The second-order valence-electron chi connectivity index (χ2n) is 6.73. The van der Waals surface area contributed by atoms with E-state index in [4.69, 9.17) is 4.74 Å². The van der Waals surface area contributed by atoms with Crippen molar-refractivity contribution >= 4 is 17.5 Å². The van der Waals surface area contributed by atoms with E-state index >= 15 is 0 Å². The second kappa shape index (κ2) is 10.0. The largest absolute Gasteiger partial charge is 0.378 e. The number of hydrogen-bond acceptors (Lipinski definition) is 4. The van der Waals surface area contributed by atoms with Gasteiger partial charge in [-0.3, -0.25) is 9.59 Å². The third-order valence-electron chi connectivity index (χ3n) is 4.12. The number of hydrogen-bond donors (Lipinski definition) is 2. The summed E-state index contributed by atoms with van der Waals surface area (Å²) in [6, 6.07) is 8.53. The molecule has 0 bridgehead atoms. The molecule has 1 heterocycles. The summed E-state index contributed by atoms with van der Waals surface area (Å²) < 4.78 is 5.37. The van der Waals surface area contributed by atoms with E-state index in [1.165, 1.54) is 11.3 Å². The van der Waals surface area contributed by atoms with Gasteiger partial charge in [-0.1, -0.05) is 26.0 Å². The quantitative estimate of drug-likeness (QED) is 0.577. The Morgan fingerprint density at radius 3 is 2.36 bits per heavy atom. The number of nitrogens with one attached hydrogen (secondary N) is 2. The molecule has 1 aliphatic rings. The summed E-state index contributed by atoms with van der Waals surface area (Å²) in [7, 11) is 0. The predicted molar refractivity (Wildman–Crippen MR) is 98.7 cm³/mol. The Morgan fingerprint density at radius 1 is 1.08 bits per heavy atom. The number of nitrogens with zero attached hydrogens (tertiary/aromatic N) is 1. The topological polar surface area (TPSA) is 70.7 Å². The van der Waals surface area contributed by atoms with Crippen LogP contribution in [0.2, 0.25) is 0 Å². The highest BCUT2D eigenvalue weighted by Crippen LogP contribution is 2.17. The molecule has 25 heavy (non-hydrogen) atoms. The summed E-state index contributed by atoms with van der Waals surface area (Å²) >= 11 is 0. The van der Waals surface area contributed by atoms with Crippen LogP contribution in [0, 0.1) is 5.92 Å². The van der Waals surface area contributed by atoms with Crippen molar-refractivity contribution in [1.82, 2.24) is 10.6 Å². The number of carbonyl (C=O) groups excluding carboxylic acids is 2.